The lowest BCUT2D eigenvalue weighted by Crippen LogP contribution is -2.24. The average molecular weight is 412 g/mol. The fraction of sp³-hybridized carbons (Fsp3) is 0.150. The summed E-state index contributed by atoms with van der Waals surface area (Å²) in [6.45, 7) is 1.01. The van der Waals surface area contributed by atoms with Crippen molar-refractivity contribution >= 4 is 22.6 Å². The van der Waals surface area contributed by atoms with Crippen molar-refractivity contribution in [2.24, 2.45) is 0 Å². The lowest BCUT2D eigenvalue weighted by Gasteiger charge is -2.18. The molecule has 3 heterocycles. The van der Waals surface area contributed by atoms with Crippen LogP contribution in [0.25, 0.3) is 22.4 Å². The number of halogens is 3. The zero-order valence-electron chi connectivity index (χ0n) is 15.6. The third kappa shape index (κ3) is 3.71. The van der Waals surface area contributed by atoms with Crippen molar-refractivity contribution in [1.29, 1.82) is 0 Å². The molecule has 4 rings (SSSR count). The number of anilines is 1. The molecule has 0 aliphatic rings. The van der Waals surface area contributed by atoms with Crippen LogP contribution in [0.5, 0.6) is 0 Å². The molecule has 152 valence electrons. The molecule has 0 unspecified atom stereocenters. The van der Waals surface area contributed by atoms with E-state index in [1.54, 1.807) is 30.5 Å². The molecule has 0 radical (unpaired) electrons. The molecule has 1 atom stereocenters. The molecule has 1 amide bonds. The Labute approximate surface area is 168 Å². The highest BCUT2D eigenvalue weighted by molar-refractivity contribution is 6.11. The first-order valence-electron chi connectivity index (χ1n) is 8.93. The van der Waals surface area contributed by atoms with Crippen molar-refractivity contribution in [3.63, 3.8) is 0 Å². The van der Waals surface area contributed by atoms with Crippen LogP contribution in [-0.2, 0) is 0 Å². The zero-order chi connectivity index (χ0) is 21.3. The summed E-state index contributed by atoms with van der Waals surface area (Å²) in [5.41, 5.74) is 1.04. The quantitative estimate of drug-likeness (QED) is 0.541. The van der Waals surface area contributed by atoms with Crippen LogP contribution in [0, 0.1) is 0 Å². The minimum absolute atomic E-state index is 0.0530. The van der Waals surface area contributed by atoms with Gasteiger partial charge in [0, 0.05) is 11.6 Å². The predicted octanol–water partition coefficient (Wildman–Crippen LogP) is 4.26. The first-order valence-corrected chi connectivity index (χ1v) is 8.93. The molecule has 0 bridgehead atoms. The molecule has 30 heavy (non-hydrogen) atoms. The van der Waals surface area contributed by atoms with Gasteiger partial charge in [-0.2, -0.15) is 13.2 Å². The van der Waals surface area contributed by atoms with Gasteiger partial charge in [-0.15, -0.1) is 10.2 Å². The fourth-order valence-electron chi connectivity index (χ4n) is 2.97. The van der Waals surface area contributed by atoms with Crippen molar-refractivity contribution in [1.82, 2.24) is 24.7 Å². The van der Waals surface area contributed by atoms with Gasteiger partial charge in [0.15, 0.2) is 5.82 Å². The molecule has 7 nitrogen and oxygen atoms in total. The normalized spacial score (nSPS) is 12.7. The maximum absolute atomic E-state index is 13.1. The molecule has 10 heteroatoms. The van der Waals surface area contributed by atoms with E-state index in [1.807, 2.05) is 12.1 Å². The monoisotopic (exact) mass is 412 g/mol. The number of hydrogen-bond donors (Lipinski definition) is 1. The van der Waals surface area contributed by atoms with Crippen molar-refractivity contribution in [2.75, 3.05) is 5.32 Å². The number of fused-ring (bicyclic) bond motifs is 1. The van der Waals surface area contributed by atoms with E-state index in [2.05, 4.69) is 25.5 Å². The van der Waals surface area contributed by atoms with Crippen LogP contribution >= 0.6 is 0 Å². The molecule has 4 aromatic rings. The Kier molecular flexibility index (Phi) is 4.90. The van der Waals surface area contributed by atoms with Gasteiger partial charge in [0.1, 0.15) is 23.9 Å². The van der Waals surface area contributed by atoms with Crippen LogP contribution in [-0.4, -0.2) is 36.8 Å². The Morgan fingerprint density at radius 1 is 1.10 bits per heavy atom. The summed E-state index contributed by atoms with van der Waals surface area (Å²) in [5, 5.41) is 10.8. The van der Waals surface area contributed by atoms with E-state index in [1.165, 1.54) is 12.1 Å². The van der Waals surface area contributed by atoms with Gasteiger partial charge in [-0.25, -0.2) is 4.98 Å². The molecule has 0 aliphatic carbocycles. The van der Waals surface area contributed by atoms with Gasteiger partial charge in [-0.1, -0.05) is 24.3 Å². The average Bonchev–Trinajstić information content (AvgIpc) is 3.22. The second-order valence-corrected chi connectivity index (χ2v) is 6.52. The van der Waals surface area contributed by atoms with Crippen molar-refractivity contribution < 1.29 is 18.0 Å². The minimum atomic E-state index is -4.47. The lowest BCUT2D eigenvalue weighted by atomic mass is 10.1. The van der Waals surface area contributed by atoms with E-state index in [9.17, 15) is 18.0 Å². The molecule has 0 aliphatic heterocycles. The number of carbonyl (C=O) groups excluding carboxylic acids is 1. The van der Waals surface area contributed by atoms with E-state index in [0.717, 1.165) is 23.2 Å². The van der Waals surface area contributed by atoms with Crippen molar-refractivity contribution in [2.45, 2.75) is 19.1 Å². The van der Waals surface area contributed by atoms with E-state index >= 15 is 0 Å². The van der Waals surface area contributed by atoms with Gasteiger partial charge in [0.25, 0.3) is 5.91 Å². The summed E-state index contributed by atoms with van der Waals surface area (Å²) >= 11 is 0. The van der Waals surface area contributed by atoms with Crippen LogP contribution in [0.15, 0.2) is 61.1 Å². The van der Waals surface area contributed by atoms with Gasteiger partial charge < -0.3 is 9.88 Å². The molecule has 0 spiro atoms. The largest absolute Gasteiger partial charge is 0.408 e. The highest BCUT2D eigenvalue weighted by atomic mass is 19.4. The van der Waals surface area contributed by atoms with E-state index in [4.69, 9.17) is 0 Å². The number of nitrogens with zero attached hydrogens (tertiary/aromatic N) is 5. The van der Waals surface area contributed by atoms with Crippen LogP contribution in [0.3, 0.4) is 0 Å². The molecule has 0 saturated heterocycles. The Hall–Kier alpha value is -3.82. The SMILES string of the molecule is C[C@H](n1cnnc1-c1cccc(NC(=O)c2cccc3cccnc23)n1)C(F)(F)F. The number of pyridine rings is 2. The Morgan fingerprint density at radius 2 is 1.87 bits per heavy atom. The summed E-state index contributed by atoms with van der Waals surface area (Å²) < 4.78 is 40.2. The summed E-state index contributed by atoms with van der Waals surface area (Å²) in [5.74, 6) is -0.323. The standard InChI is InChI=1S/C20H15F3N6O/c1-12(20(21,22)23)29-11-25-28-18(29)15-8-3-9-16(26-15)27-19(30)14-7-2-5-13-6-4-10-24-17(13)14/h2-12H,1H3,(H,26,27,30)/t12-/m0/s1. The number of aromatic nitrogens is 5. The van der Waals surface area contributed by atoms with E-state index in [0.29, 0.717) is 11.1 Å². The van der Waals surface area contributed by atoms with Gasteiger partial charge in [0.2, 0.25) is 0 Å². The smallest absolute Gasteiger partial charge is 0.306 e. The molecule has 0 fully saturated rings. The fourth-order valence-corrected chi connectivity index (χ4v) is 2.97. The minimum Gasteiger partial charge on any atom is -0.306 e. The first-order chi connectivity index (χ1) is 14.3. The second-order valence-electron chi connectivity index (χ2n) is 6.52. The zero-order valence-corrected chi connectivity index (χ0v) is 15.6. The molecule has 1 aromatic carbocycles. The first kappa shape index (κ1) is 19.5. The molecule has 3 aromatic heterocycles. The Balaban J connectivity index is 1.64. The van der Waals surface area contributed by atoms with Crippen LogP contribution in [0.2, 0.25) is 0 Å². The summed E-state index contributed by atoms with van der Waals surface area (Å²) in [4.78, 5) is 21.2. The number of carbonyl (C=O) groups is 1. The van der Waals surface area contributed by atoms with Crippen molar-refractivity contribution in [3.8, 4) is 11.5 Å². The molecule has 1 N–H and O–H groups in total. The number of para-hydroxylation sites is 1. The van der Waals surface area contributed by atoms with Gasteiger partial charge in [0.05, 0.1) is 11.1 Å². The maximum atomic E-state index is 13.1. The number of nitrogens with one attached hydrogen (secondary N) is 1. The van der Waals surface area contributed by atoms with Gasteiger partial charge >= 0.3 is 6.18 Å². The molecular weight excluding hydrogens is 397 g/mol. The second kappa shape index (κ2) is 7.54. The maximum Gasteiger partial charge on any atom is 0.408 e. The Morgan fingerprint density at radius 3 is 2.67 bits per heavy atom. The highest BCUT2D eigenvalue weighted by Gasteiger charge is 2.38. The van der Waals surface area contributed by atoms with Gasteiger partial charge in [-0.05, 0) is 31.2 Å². The number of hydrogen-bond acceptors (Lipinski definition) is 5. The summed E-state index contributed by atoms with van der Waals surface area (Å²) in [7, 11) is 0. The summed E-state index contributed by atoms with van der Waals surface area (Å²) in [6, 6.07) is 11.6. The third-order valence-corrected chi connectivity index (χ3v) is 4.56. The van der Waals surface area contributed by atoms with Crippen LogP contribution in [0.4, 0.5) is 19.0 Å². The predicted molar refractivity (Wildman–Crippen MR) is 104 cm³/mol. The lowest BCUT2D eigenvalue weighted by molar-refractivity contribution is -0.162. The summed E-state index contributed by atoms with van der Waals surface area (Å²) in [6.07, 6.45) is -1.88. The van der Waals surface area contributed by atoms with Crippen molar-refractivity contribution in [3.05, 3.63) is 66.6 Å². The van der Waals surface area contributed by atoms with Gasteiger partial charge in [-0.3, -0.25) is 9.78 Å². The number of rotatable bonds is 4. The van der Waals surface area contributed by atoms with Crippen LogP contribution < -0.4 is 5.32 Å². The topological polar surface area (TPSA) is 85.6 Å². The molecular formula is C20H15F3N6O. The number of benzene rings is 1. The highest BCUT2D eigenvalue weighted by Crippen LogP contribution is 2.32. The van der Waals surface area contributed by atoms with E-state index < -0.39 is 18.1 Å². The number of amides is 1. The molecule has 0 saturated carbocycles. The van der Waals surface area contributed by atoms with Crippen LogP contribution in [0.1, 0.15) is 23.3 Å². The third-order valence-electron chi connectivity index (χ3n) is 4.56. The van der Waals surface area contributed by atoms with E-state index in [-0.39, 0.29) is 17.3 Å². The number of alkyl halides is 3. The Bertz CT molecular complexity index is 1220.